The first-order valence-corrected chi connectivity index (χ1v) is 7.27. The number of carbonyl (C=O) groups excluding carboxylic acids is 1. The summed E-state index contributed by atoms with van der Waals surface area (Å²) in [6.45, 7) is 3.72. The molecule has 0 radical (unpaired) electrons. The summed E-state index contributed by atoms with van der Waals surface area (Å²) >= 11 is 6.11. The summed E-state index contributed by atoms with van der Waals surface area (Å²) in [5.74, 6) is -0.335. The molecule has 2 aromatic rings. The lowest BCUT2D eigenvalue weighted by atomic mass is 10.1. The molecular weight excluding hydrogens is 327 g/mol. The van der Waals surface area contributed by atoms with Crippen molar-refractivity contribution in [3.05, 3.63) is 63.7 Å². The molecule has 0 fully saturated rings. The van der Waals surface area contributed by atoms with Crippen molar-refractivity contribution in [1.82, 2.24) is 0 Å². The van der Waals surface area contributed by atoms with Crippen LogP contribution in [0.25, 0.3) is 0 Å². The Kier molecular flexibility index (Phi) is 5.00. The summed E-state index contributed by atoms with van der Waals surface area (Å²) in [4.78, 5) is 12.1. The molecule has 0 heterocycles. The van der Waals surface area contributed by atoms with Crippen LogP contribution in [0.2, 0.25) is 5.02 Å². The van der Waals surface area contributed by atoms with E-state index in [1.807, 2.05) is 19.9 Å². The van der Waals surface area contributed by atoms with Crippen molar-refractivity contribution in [2.24, 2.45) is 0 Å². The van der Waals surface area contributed by atoms with Crippen LogP contribution in [-0.4, -0.2) is 5.91 Å². The third-order valence-corrected chi connectivity index (χ3v) is 3.64. The van der Waals surface area contributed by atoms with Gasteiger partial charge in [0.2, 0.25) is 5.91 Å². The Labute approximate surface area is 137 Å². The molecule has 1 amide bonds. The second kappa shape index (κ2) is 6.62. The van der Waals surface area contributed by atoms with E-state index < -0.39 is 11.7 Å². The number of anilines is 1. The molecule has 23 heavy (non-hydrogen) atoms. The Morgan fingerprint density at radius 1 is 1.13 bits per heavy atom. The molecule has 122 valence electrons. The first kappa shape index (κ1) is 17.3. The summed E-state index contributed by atoms with van der Waals surface area (Å²) in [5.41, 5.74) is 2.09. The molecule has 2 aromatic carbocycles. The van der Waals surface area contributed by atoms with Crippen molar-refractivity contribution in [2.45, 2.75) is 26.4 Å². The van der Waals surface area contributed by atoms with Gasteiger partial charge in [-0.3, -0.25) is 4.79 Å². The van der Waals surface area contributed by atoms with E-state index in [1.54, 1.807) is 6.07 Å². The van der Waals surface area contributed by atoms with E-state index in [0.29, 0.717) is 16.3 Å². The zero-order valence-electron chi connectivity index (χ0n) is 12.6. The topological polar surface area (TPSA) is 29.1 Å². The van der Waals surface area contributed by atoms with Gasteiger partial charge in [0, 0.05) is 0 Å². The van der Waals surface area contributed by atoms with Gasteiger partial charge in [-0.2, -0.15) is 13.2 Å². The number of hydrogen-bond acceptors (Lipinski definition) is 1. The zero-order chi connectivity index (χ0) is 17.2. The molecule has 2 nitrogen and oxygen atoms in total. The predicted molar refractivity (Wildman–Crippen MR) is 84.7 cm³/mol. The average molecular weight is 342 g/mol. The number of benzene rings is 2. The van der Waals surface area contributed by atoms with Crippen molar-refractivity contribution in [1.29, 1.82) is 0 Å². The Morgan fingerprint density at radius 3 is 2.26 bits per heavy atom. The number of rotatable bonds is 3. The van der Waals surface area contributed by atoms with E-state index in [4.69, 9.17) is 11.6 Å². The lowest BCUT2D eigenvalue weighted by Gasteiger charge is -2.12. The first-order valence-electron chi connectivity index (χ1n) is 6.89. The van der Waals surface area contributed by atoms with E-state index in [0.717, 1.165) is 23.3 Å². The standard InChI is InChI=1S/C17H15ClF3NO/c1-10-7-11(2)16(14(18)8-10)22-15(23)9-12-3-5-13(6-4-12)17(19,20)21/h3-8H,9H2,1-2H3,(H,22,23). The largest absolute Gasteiger partial charge is 0.416 e. The Balaban J connectivity index is 2.08. The van der Waals surface area contributed by atoms with Crippen LogP contribution in [0, 0.1) is 13.8 Å². The van der Waals surface area contributed by atoms with Gasteiger partial charge < -0.3 is 5.32 Å². The Bertz CT molecular complexity index is 701. The molecule has 0 aromatic heterocycles. The summed E-state index contributed by atoms with van der Waals surface area (Å²) < 4.78 is 37.5. The fraction of sp³-hybridized carbons (Fsp3) is 0.235. The van der Waals surface area contributed by atoms with E-state index in [9.17, 15) is 18.0 Å². The highest BCUT2D eigenvalue weighted by Gasteiger charge is 2.29. The first-order chi connectivity index (χ1) is 10.7. The maximum Gasteiger partial charge on any atom is 0.416 e. The second-order valence-corrected chi connectivity index (χ2v) is 5.77. The zero-order valence-corrected chi connectivity index (χ0v) is 13.3. The van der Waals surface area contributed by atoms with Gasteiger partial charge in [-0.15, -0.1) is 0 Å². The molecule has 2 rings (SSSR count). The Hall–Kier alpha value is -2.01. The van der Waals surface area contributed by atoms with Gasteiger partial charge in [0.25, 0.3) is 0 Å². The molecule has 0 aliphatic carbocycles. The van der Waals surface area contributed by atoms with Crippen molar-refractivity contribution < 1.29 is 18.0 Å². The SMILES string of the molecule is Cc1cc(C)c(NC(=O)Cc2ccc(C(F)(F)F)cc2)c(Cl)c1. The minimum atomic E-state index is -4.38. The van der Waals surface area contributed by atoms with Gasteiger partial charge >= 0.3 is 6.18 Å². The van der Waals surface area contributed by atoms with E-state index in [-0.39, 0.29) is 12.3 Å². The third-order valence-electron chi connectivity index (χ3n) is 3.34. The van der Waals surface area contributed by atoms with Crippen molar-refractivity contribution in [2.75, 3.05) is 5.32 Å². The summed E-state index contributed by atoms with van der Waals surface area (Å²) in [5, 5.41) is 3.14. The van der Waals surface area contributed by atoms with Crippen molar-refractivity contribution in [3.63, 3.8) is 0 Å². The summed E-state index contributed by atoms with van der Waals surface area (Å²) in [6.07, 6.45) is -4.41. The van der Waals surface area contributed by atoms with E-state index in [2.05, 4.69) is 5.32 Å². The lowest BCUT2D eigenvalue weighted by molar-refractivity contribution is -0.137. The molecule has 0 aliphatic heterocycles. The van der Waals surface area contributed by atoms with Crippen LogP contribution in [0.4, 0.5) is 18.9 Å². The summed E-state index contributed by atoms with van der Waals surface area (Å²) in [7, 11) is 0. The van der Waals surface area contributed by atoms with Gasteiger partial charge in [0.05, 0.1) is 22.7 Å². The average Bonchev–Trinajstić information content (AvgIpc) is 2.42. The highest BCUT2D eigenvalue weighted by molar-refractivity contribution is 6.34. The van der Waals surface area contributed by atoms with Crippen molar-refractivity contribution in [3.8, 4) is 0 Å². The molecule has 0 aliphatic rings. The van der Waals surface area contributed by atoms with Crippen LogP contribution in [0.3, 0.4) is 0 Å². The quantitative estimate of drug-likeness (QED) is 0.821. The molecule has 0 saturated heterocycles. The minimum Gasteiger partial charge on any atom is -0.324 e. The Morgan fingerprint density at radius 2 is 1.74 bits per heavy atom. The van der Waals surface area contributed by atoms with Crippen LogP contribution in [0.15, 0.2) is 36.4 Å². The molecule has 0 spiro atoms. The summed E-state index contributed by atoms with van der Waals surface area (Å²) in [6, 6.07) is 8.15. The molecule has 0 atom stereocenters. The smallest absolute Gasteiger partial charge is 0.324 e. The van der Waals surface area contributed by atoms with Gasteiger partial charge in [-0.25, -0.2) is 0 Å². The molecule has 6 heteroatoms. The highest BCUT2D eigenvalue weighted by atomic mass is 35.5. The normalized spacial score (nSPS) is 11.4. The van der Waals surface area contributed by atoms with Gasteiger partial charge in [0.15, 0.2) is 0 Å². The van der Waals surface area contributed by atoms with Crippen LogP contribution < -0.4 is 5.32 Å². The number of halogens is 4. The predicted octanol–water partition coefficient (Wildman–Crippen LogP) is 5.16. The maximum absolute atomic E-state index is 12.5. The number of amides is 1. The highest BCUT2D eigenvalue weighted by Crippen LogP contribution is 2.30. The van der Waals surface area contributed by atoms with Gasteiger partial charge in [-0.05, 0) is 48.7 Å². The maximum atomic E-state index is 12.5. The molecule has 0 saturated carbocycles. The number of carbonyl (C=O) groups is 1. The van der Waals surface area contributed by atoms with E-state index in [1.165, 1.54) is 12.1 Å². The van der Waals surface area contributed by atoms with Crippen LogP contribution >= 0.6 is 11.6 Å². The number of nitrogens with one attached hydrogen (secondary N) is 1. The fourth-order valence-electron chi connectivity index (χ4n) is 2.25. The number of hydrogen-bond donors (Lipinski definition) is 1. The number of aryl methyl sites for hydroxylation is 2. The van der Waals surface area contributed by atoms with Crippen LogP contribution in [-0.2, 0) is 17.4 Å². The molecule has 0 unspecified atom stereocenters. The second-order valence-electron chi connectivity index (χ2n) is 5.36. The number of alkyl halides is 3. The minimum absolute atomic E-state index is 0.0260. The van der Waals surface area contributed by atoms with Crippen LogP contribution in [0.1, 0.15) is 22.3 Å². The molecule has 1 N–H and O–H groups in total. The lowest BCUT2D eigenvalue weighted by Crippen LogP contribution is -2.16. The molecule has 0 bridgehead atoms. The molecular formula is C17H15ClF3NO. The van der Waals surface area contributed by atoms with Crippen molar-refractivity contribution >= 4 is 23.2 Å². The monoisotopic (exact) mass is 341 g/mol. The fourth-order valence-corrected chi connectivity index (χ4v) is 2.62. The van der Waals surface area contributed by atoms with Crippen LogP contribution in [0.5, 0.6) is 0 Å². The van der Waals surface area contributed by atoms with Gasteiger partial charge in [-0.1, -0.05) is 29.8 Å². The van der Waals surface area contributed by atoms with E-state index >= 15 is 0 Å². The van der Waals surface area contributed by atoms with Gasteiger partial charge in [0.1, 0.15) is 0 Å². The third kappa shape index (κ3) is 4.48.